The molecule has 0 unspecified atom stereocenters. The van der Waals surface area contributed by atoms with Crippen LogP contribution in [0.3, 0.4) is 0 Å². The SMILES string of the molecule is CCC[C@@H](N)C(=O)N1C[C@@H](C)O[C@@H](C)C1. The normalized spacial score (nSPS) is 28.9. The third kappa shape index (κ3) is 3.47. The van der Waals surface area contributed by atoms with Gasteiger partial charge in [-0.05, 0) is 20.3 Å². The summed E-state index contributed by atoms with van der Waals surface area (Å²) in [4.78, 5) is 13.8. The molecule has 0 aromatic carbocycles. The first-order valence-electron chi connectivity index (χ1n) is 5.74. The van der Waals surface area contributed by atoms with Crippen molar-refractivity contribution >= 4 is 5.91 Å². The van der Waals surface area contributed by atoms with Crippen molar-refractivity contribution in [2.24, 2.45) is 5.73 Å². The van der Waals surface area contributed by atoms with Crippen LogP contribution in [0.25, 0.3) is 0 Å². The molecule has 0 bridgehead atoms. The molecule has 1 aliphatic rings. The van der Waals surface area contributed by atoms with Gasteiger partial charge in [0.25, 0.3) is 0 Å². The van der Waals surface area contributed by atoms with Crippen molar-refractivity contribution in [1.29, 1.82) is 0 Å². The zero-order valence-corrected chi connectivity index (χ0v) is 9.90. The highest BCUT2D eigenvalue weighted by Crippen LogP contribution is 2.12. The fraction of sp³-hybridized carbons (Fsp3) is 0.909. The van der Waals surface area contributed by atoms with E-state index in [1.807, 2.05) is 25.7 Å². The molecule has 1 fully saturated rings. The van der Waals surface area contributed by atoms with E-state index in [2.05, 4.69) is 0 Å². The van der Waals surface area contributed by atoms with E-state index in [1.165, 1.54) is 0 Å². The molecule has 0 radical (unpaired) electrons. The molecule has 88 valence electrons. The molecule has 4 heteroatoms. The number of nitrogens with two attached hydrogens (primary N) is 1. The number of nitrogens with zero attached hydrogens (tertiary/aromatic N) is 1. The fourth-order valence-corrected chi connectivity index (χ4v) is 2.03. The predicted molar refractivity (Wildman–Crippen MR) is 59.5 cm³/mol. The van der Waals surface area contributed by atoms with Gasteiger partial charge in [0.05, 0.1) is 18.2 Å². The smallest absolute Gasteiger partial charge is 0.239 e. The molecule has 4 nitrogen and oxygen atoms in total. The number of morpholine rings is 1. The third-order valence-corrected chi connectivity index (χ3v) is 2.65. The summed E-state index contributed by atoms with van der Waals surface area (Å²) in [6.45, 7) is 7.35. The lowest BCUT2D eigenvalue weighted by Crippen LogP contribution is -2.53. The van der Waals surface area contributed by atoms with E-state index in [4.69, 9.17) is 10.5 Å². The first-order chi connectivity index (χ1) is 7.04. The van der Waals surface area contributed by atoms with Gasteiger partial charge in [-0.1, -0.05) is 13.3 Å². The summed E-state index contributed by atoms with van der Waals surface area (Å²) >= 11 is 0. The van der Waals surface area contributed by atoms with Crippen molar-refractivity contribution in [3.8, 4) is 0 Å². The first-order valence-corrected chi connectivity index (χ1v) is 5.74. The Kier molecular flexibility index (Phi) is 4.54. The second-order valence-electron chi connectivity index (χ2n) is 4.40. The van der Waals surface area contributed by atoms with E-state index in [-0.39, 0.29) is 24.2 Å². The van der Waals surface area contributed by atoms with Crippen LogP contribution in [-0.2, 0) is 9.53 Å². The molecule has 15 heavy (non-hydrogen) atoms. The third-order valence-electron chi connectivity index (χ3n) is 2.65. The number of rotatable bonds is 3. The maximum atomic E-state index is 11.9. The van der Waals surface area contributed by atoms with Crippen LogP contribution in [0.2, 0.25) is 0 Å². The highest BCUT2D eigenvalue weighted by molar-refractivity contribution is 5.81. The molecule has 0 aromatic heterocycles. The highest BCUT2D eigenvalue weighted by Gasteiger charge is 2.28. The topological polar surface area (TPSA) is 55.6 Å². The number of carbonyl (C=O) groups excluding carboxylic acids is 1. The van der Waals surface area contributed by atoms with Crippen LogP contribution in [-0.4, -0.2) is 42.1 Å². The van der Waals surface area contributed by atoms with Gasteiger partial charge in [0.1, 0.15) is 0 Å². The van der Waals surface area contributed by atoms with Crippen LogP contribution >= 0.6 is 0 Å². The summed E-state index contributed by atoms with van der Waals surface area (Å²) in [5.74, 6) is 0.0684. The molecule has 2 N–H and O–H groups in total. The summed E-state index contributed by atoms with van der Waals surface area (Å²) in [7, 11) is 0. The summed E-state index contributed by atoms with van der Waals surface area (Å²) in [5, 5.41) is 0. The Balaban J connectivity index is 2.51. The maximum Gasteiger partial charge on any atom is 0.239 e. The molecule has 3 atom stereocenters. The highest BCUT2D eigenvalue weighted by atomic mass is 16.5. The minimum Gasteiger partial charge on any atom is -0.372 e. The van der Waals surface area contributed by atoms with Crippen molar-refractivity contribution in [2.75, 3.05) is 13.1 Å². The number of ether oxygens (including phenoxy) is 1. The molecule has 1 amide bonds. The molecule has 0 spiro atoms. The van der Waals surface area contributed by atoms with Crippen LogP contribution in [0.15, 0.2) is 0 Å². The summed E-state index contributed by atoms with van der Waals surface area (Å²) in [5.41, 5.74) is 5.82. The summed E-state index contributed by atoms with van der Waals surface area (Å²) in [6.07, 6.45) is 1.94. The van der Waals surface area contributed by atoms with Crippen molar-refractivity contribution in [3.05, 3.63) is 0 Å². The van der Waals surface area contributed by atoms with Gasteiger partial charge >= 0.3 is 0 Å². The number of hydrogen-bond donors (Lipinski definition) is 1. The van der Waals surface area contributed by atoms with Gasteiger partial charge in [0.15, 0.2) is 0 Å². The summed E-state index contributed by atoms with van der Waals surface area (Å²) < 4.78 is 5.57. The number of hydrogen-bond acceptors (Lipinski definition) is 3. The van der Waals surface area contributed by atoms with Crippen molar-refractivity contribution in [1.82, 2.24) is 4.90 Å². The van der Waals surface area contributed by atoms with Crippen LogP contribution in [0.4, 0.5) is 0 Å². The molecule has 1 saturated heterocycles. The van der Waals surface area contributed by atoms with E-state index in [0.29, 0.717) is 13.1 Å². The van der Waals surface area contributed by atoms with E-state index in [1.54, 1.807) is 0 Å². The van der Waals surface area contributed by atoms with Crippen molar-refractivity contribution < 1.29 is 9.53 Å². The Labute approximate surface area is 91.8 Å². The standard InChI is InChI=1S/C11H22N2O2/c1-4-5-10(12)11(14)13-6-8(2)15-9(3)7-13/h8-10H,4-7,12H2,1-3H3/t8-,9+,10-/m1/s1. The molecule has 0 aliphatic carbocycles. The summed E-state index contributed by atoms with van der Waals surface area (Å²) in [6, 6.07) is -0.340. The first kappa shape index (κ1) is 12.5. The van der Waals surface area contributed by atoms with E-state index in [9.17, 15) is 4.79 Å². The number of amides is 1. The minimum absolute atomic E-state index is 0.0684. The fourth-order valence-electron chi connectivity index (χ4n) is 2.03. The molecule has 1 aliphatic heterocycles. The molecule has 1 heterocycles. The van der Waals surface area contributed by atoms with E-state index >= 15 is 0 Å². The van der Waals surface area contributed by atoms with Gasteiger partial charge in [0.2, 0.25) is 5.91 Å². The largest absolute Gasteiger partial charge is 0.372 e. The molecular weight excluding hydrogens is 192 g/mol. The van der Waals surface area contributed by atoms with Crippen LogP contribution in [0.5, 0.6) is 0 Å². The zero-order chi connectivity index (χ0) is 11.4. The lowest BCUT2D eigenvalue weighted by Gasteiger charge is -2.36. The van der Waals surface area contributed by atoms with Crippen LogP contribution < -0.4 is 5.73 Å². The van der Waals surface area contributed by atoms with Gasteiger partial charge in [-0.25, -0.2) is 0 Å². The van der Waals surface area contributed by atoms with Gasteiger partial charge in [-0.15, -0.1) is 0 Å². The Morgan fingerprint density at radius 1 is 1.47 bits per heavy atom. The van der Waals surface area contributed by atoms with Crippen molar-refractivity contribution in [2.45, 2.75) is 51.9 Å². The monoisotopic (exact) mass is 214 g/mol. The second kappa shape index (κ2) is 5.47. The van der Waals surface area contributed by atoms with Gasteiger partial charge < -0.3 is 15.4 Å². The van der Waals surface area contributed by atoms with Crippen LogP contribution in [0, 0.1) is 0 Å². The quantitative estimate of drug-likeness (QED) is 0.754. The van der Waals surface area contributed by atoms with Gasteiger partial charge in [0, 0.05) is 13.1 Å². The molecular formula is C11H22N2O2. The maximum absolute atomic E-state index is 11.9. The van der Waals surface area contributed by atoms with E-state index < -0.39 is 0 Å². The Morgan fingerprint density at radius 2 is 2.00 bits per heavy atom. The Hall–Kier alpha value is -0.610. The molecule has 0 saturated carbocycles. The number of carbonyl (C=O) groups is 1. The van der Waals surface area contributed by atoms with Gasteiger partial charge in [-0.3, -0.25) is 4.79 Å². The minimum atomic E-state index is -0.340. The predicted octanol–water partition coefficient (Wildman–Crippen LogP) is 0.750. The average Bonchev–Trinajstić information content (AvgIpc) is 2.15. The lowest BCUT2D eigenvalue weighted by atomic mass is 10.1. The Morgan fingerprint density at radius 3 is 2.47 bits per heavy atom. The van der Waals surface area contributed by atoms with Gasteiger partial charge in [-0.2, -0.15) is 0 Å². The second-order valence-corrected chi connectivity index (χ2v) is 4.40. The lowest BCUT2D eigenvalue weighted by molar-refractivity contribution is -0.144. The van der Waals surface area contributed by atoms with Crippen molar-refractivity contribution in [3.63, 3.8) is 0 Å². The molecule has 0 aromatic rings. The average molecular weight is 214 g/mol. The zero-order valence-electron chi connectivity index (χ0n) is 9.90. The van der Waals surface area contributed by atoms with Crippen LogP contribution in [0.1, 0.15) is 33.6 Å². The Bertz CT molecular complexity index is 211. The van der Waals surface area contributed by atoms with E-state index in [0.717, 1.165) is 12.8 Å². The molecule has 1 rings (SSSR count).